The zero-order valence-electron chi connectivity index (χ0n) is 13.5. The number of aliphatic imine (C=N–C) groups is 1. The zero-order valence-corrected chi connectivity index (χ0v) is 14.3. The molecular weight excluding hydrogens is 312 g/mol. The molecule has 2 heterocycles. The molecule has 6 nitrogen and oxygen atoms in total. The molecule has 3 rings (SSSR count). The Morgan fingerprint density at radius 2 is 2.22 bits per heavy atom. The lowest BCUT2D eigenvalue weighted by Crippen LogP contribution is -2.38. The summed E-state index contributed by atoms with van der Waals surface area (Å²) in [6.45, 7) is 3.76. The van der Waals surface area contributed by atoms with Crippen LogP contribution in [0.3, 0.4) is 0 Å². The fourth-order valence-corrected chi connectivity index (χ4v) is 3.14. The standard InChI is InChI=1S/C16H20N4O2S/c1-11-7-18-15(23-11)8-19-16(17-2)20(3)9-12-4-5-13-14(6-12)22-10-21-13/h4-7H,8-10H2,1-3H3,(H,17,19). The van der Waals surface area contributed by atoms with Gasteiger partial charge in [-0.3, -0.25) is 4.99 Å². The second-order valence-electron chi connectivity index (χ2n) is 5.31. The number of fused-ring (bicyclic) bond motifs is 1. The van der Waals surface area contributed by atoms with Crippen molar-refractivity contribution in [2.24, 2.45) is 4.99 Å². The highest BCUT2D eigenvalue weighted by Gasteiger charge is 2.14. The molecule has 2 aromatic rings. The minimum absolute atomic E-state index is 0.297. The van der Waals surface area contributed by atoms with E-state index in [9.17, 15) is 0 Å². The van der Waals surface area contributed by atoms with E-state index in [-0.39, 0.29) is 0 Å². The largest absolute Gasteiger partial charge is 0.454 e. The van der Waals surface area contributed by atoms with E-state index >= 15 is 0 Å². The van der Waals surface area contributed by atoms with Gasteiger partial charge in [0.15, 0.2) is 17.5 Å². The number of hydrogen-bond donors (Lipinski definition) is 1. The van der Waals surface area contributed by atoms with E-state index in [1.54, 1.807) is 18.4 Å². The lowest BCUT2D eigenvalue weighted by atomic mass is 10.2. The van der Waals surface area contributed by atoms with Crippen molar-refractivity contribution in [3.8, 4) is 11.5 Å². The first kappa shape index (κ1) is 15.6. The van der Waals surface area contributed by atoms with Crippen molar-refractivity contribution in [2.45, 2.75) is 20.0 Å². The number of aromatic nitrogens is 1. The third-order valence-corrected chi connectivity index (χ3v) is 4.41. The average Bonchev–Trinajstić information content (AvgIpc) is 3.16. The van der Waals surface area contributed by atoms with Crippen LogP contribution in [0.2, 0.25) is 0 Å². The number of thiazole rings is 1. The number of aryl methyl sites for hydroxylation is 1. The van der Waals surface area contributed by atoms with Crippen LogP contribution in [0, 0.1) is 6.92 Å². The molecule has 0 amide bonds. The number of rotatable bonds is 4. The van der Waals surface area contributed by atoms with Crippen LogP contribution in [0.5, 0.6) is 11.5 Å². The van der Waals surface area contributed by atoms with Gasteiger partial charge in [-0.2, -0.15) is 0 Å². The van der Waals surface area contributed by atoms with Gasteiger partial charge in [0.1, 0.15) is 5.01 Å². The van der Waals surface area contributed by atoms with E-state index in [0.29, 0.717) is 13.3 Å². The van der Waals surface area contributed by atoms with Crippen molar-refractivity contribution in [3.05, 3.63) is 39.8 Å². The maximum atomic E-state index is 5.42. The Balaban J connectivity index is 1.60. The zero-order chi connectivity index (χ0) is 16.2. The summed E-state index contributed by atoms with van der Waals surface area (Å²) >= 11 is 1.69. The van der Waals surface area contributed by atoms with Crippen LogP contribution in [-0.2, 0) is 13.1 Å². The molecular formula is C16H20N4O2S. The van der Waals surface area contributed by atoms with E-state index in [0.717, 1.165) is 34.6 Å². The molecule has 1 aliphatic rings. The molecule has 7 heteroatoms. The molecule has 1 N–H and O–H groups in total. The Hall–Kier alpha value is -2.28. The normalized spacial score (nSPS) is 13.3. The highest BCUT2D eigenvalue weighted by molar-refractivity contribution is 7.11. The van der Waals surface area contributed by atoms with Gasteiger partial charge in [-0.15, -0.1) is 11.3 Å². The fraction of sp³-hybridized carbons (Fsp3) is 0.375. The molecule has 0 saturated heterocycles. The average molecular weight is 332 g/mol. The number of benzene rings is 1. The second-order valence-corrected chi connectivity index (χ2v) is 6.63. The van der Waals surface area contributed by atoms with Crippen LogP contribution in [0.15, 0.2) is 29.4 Å². The number of hydrogen-bond acceptors (Lipinski definition) is 5. The molecule has 0 unspecified atom stereocenters. The van der Waals surface area contributed by atoms with Crippen molar-refractivity contribution in [3.63, 3.8) is 0 Å². The Kier molecular flexibility index (Phi) is 4.66. The van der Waals surface area contributed by atoms with E-state index in [2.05, 4.69) is 27.1 Å². The smallest absolute Gasteiger partial charge is 0.231 e. The maximum Gasteiger partial charge on any atom is 0.231 e. The van der Waals surface area contributed by atoms with Gasteiger partial charge in [-0.05, 0) is 24.6 Å². The monoisotopic (exact) mass is 332 g/mol. The van der Waals surface area contributed by atoms with Gasteiger partial charge in [0.2, 0.25) is 6.79 Å². The molecule has 0 fully saturated rings. The molecule has 1 aliphatic heterocycles. The summed E-state index contributed by atoms with van der Waals surface area (Å²) in [4.78, 5) is 12.0. The second kappa shape index (κ2) is 6.87. The molecule has 0 atom stereocenters. The molecule has 1 aromatic heterocycles. The summed E-state index contributed by atoms with van der Waals surface area (Å²) in [5.41, 5.74) is 1.14. The van der Waals surface area contributed by atoms with Gasteiger partial charge in [-0.25, -0.2) is 4.98 Å². The van der Waals surface area contributed by atoms with E-state index in [1.807, 2.05) is 31.4 Å². The van der Waals surface area contributed by atoms with Crippen molar-refractivity contribution in [1.82, 2.24) is 15.2 Å². The number of nitrogens with zero attached hydrogens (tertiary/aromatic N) is 3. The van der Waals surface area contributed by atoms with Crippen molar-refractivity contribution in [2.75, 3.05) is 20.9 Å². The summed E-state index contributed by atoms with van der Waals surface area (Å²) in [5.74, 6) is 2.44. The quantitative estimate of drug-likeness (QED) is 0.688. The van der Waals surface area contributed by atoms with Crippen LogP contribution in [0.1, 0.15) is 15.4 Å². The molecule has 0 radical (unpaired) electrons. The summed E-state index contributed by atoms with van der Waals surface area (Å²) in [7, 11) is 3.79. The SMILES string of the molecule is CN=C(NCc1ncc(C)s1)N(C)Cc1ccc2c(c1)OCO2. The summed E-state index contributed by atoms with van der Waals surface area (Å²) < 4.78 is 10.8. The molecule has 0 spiro atoms. The summed E-state index contributed by atoms with van der Waals surface area (Å²) in [6.07, 6.45) is 1.89. The van der Waals surface area contributed by atoms with Crippen molar-refractivity contribution in [1.29, 1.82) is 0 Å². The van der Waals surface area contributed by atoms with Crippen molar-refractivity contribution >= 4 is 17.3 Å². The lowest BCUT2D eigenvalue weighted by molar-refractivity contribution is 0.174. The minimum atomic E-state index is 0.297. The minimum Gasteiger partial charge on any atom is -0.454 e. The highest BCUT2D eigenvalue weighted by Crippen LogP contribution is 2.32. The first-order valence-electron chi connectivity index (χ1n) is 7.37. The van der Waals surface area contributed by atoms with Crippen molar-refractivity contribution < 1.29 is 9.47 Å². The molecule has 0 bridgehead atoms. The van der Waals surface area contributed by atoms with Gasteiger partial charge in [0.25, 0.3) is 0 Å². The third-order valence-electron chi connectivity index (χ3n) is 3.50. The Labute approximate surface area is 139 Å². The number of guanidine groups is 1. The number of nitrogens with one attached hydrogen (secondary N) is 1. The van der Waals surface area contributed by atoms with Crippen LogP contribution >= 0.6 is 11.3 Å². The summed E-state index contributed by atoms with van der Waals surface area (Å²) in [6, 6.07) is 6.00. The van der Waals surface area contributed by atoms with Crippen LogP contribution < -0.4 is 14.8 Å². The Bertz CT molecular complexity index is 714. The van der Waals surface area contributed by atoms with Crippen LogP contribution in [0.25, 0.3) is 0 Å². The topological polar surface area (TPSA) is 59.0 Å². The molecule has 23 heavy (non-hydrogen) atoms. The van der Waals surface area contributed by atoms with Gasteiger partial charge >= 0.3 is 0 Å². The van der Waals surface area contributed by atoms with Crippen LogP contribution in [-0.4, -0.2) is 36.7 Å². The fourth-order valence-electron chi connectivity index (χ4n) is 2.41. The molecule has 0 aliphatic carbocycles. The third kappa shape index (κ3) is 3.73. The number of ether oxygens (including phenoxy) is 2. The van der Waals surface area contributed by atoms with Crippen LogP contribution in [0.4, 0.5) is 0 Å². The molecule has 122 valence electrons. The first-order valence-corrected chi connectivity index (χ1v) is 8.19. The first-order chi connectivity index (χ1) is 11.2. The predicted octanol–water partition coefficient (Wildman–Crippen LogP) is 2.39. The van der Waals surface area contributed by atoms with Gasteiger partial charge < -0.3 is 19.7 Å². The van der Waals surface area contributed by atoms with E-state index in [1.165, 1.54) is 4.88 Å². The van der Waals surface area contributed by atoms with Gasteiger partial charge in [0.05, 0.1) is 6.54 Å². The Morgan fingerprint density at radius 3 is 2.96 bits per heavy atom. The van der Waals surface area contributed by atoms with E-state index < -0.39 is 0 Å². The molecule has 1 aromatic carbocycles. The maximum absolute atomic E-state index is 5.42. The van der Waals surface area contributed by atoms with E-state index in [4.69, 9.17) is 9.47 Å². The predicted molar refractivity (Wildman–Crippen MR) is 91.1 cm³/mol. The van der Waals surface area contributed by atoms with Gasteiger partial charge in [0, 0.05) is 31.7 Å². The summed E-state index contributed by atoms with van der Waals surface area (Å²) in [5, 5.41) is 4.39. The highest BCUT2D eigenvalue weighted by atomic mass is 32.1. The molecule has 0 saturated carbocycles. The lowest BCUT2D eigenvalue weighted by Gasteiger charge is -2.22. The Morgan fingerprint density at radius 1 is 1.39 bits per heavy atom. The van der Waals surface area contributed by atoms with Gasteiger partial charge in [-0.1, -0.05) is 6.07 Å².